The van der Waals surface area contributed by atoms with E-state index in [9.17, 15) is 19.7 Å². The highest BCUT2D eigenvalue weighted by Crippen LogP contribution is 2.45. The van der Waals surface area contributed by atoms with Crippen LogP contribution in [0.4, 0.5) is 11.4 Å². The zero-order valence-electron chi connectivity index (χ0n) is 19.3. The first-order valence-electron chi connectivity index (χ1n) is 10.8. The molecule has 0 saturated heterocycles. The van der Waals surface area contributed by atoms with Crippen LogP contribution in [0.25, 0.3) is 0 Å². The third-order valence-electron chi connectivity index (χ3n) is 5.52. The van der Waals surface area contributed by atoms with Crippen molar-refractivity contribution in [1.82, 2.24) is 0 Å². The highest BCUT2D eigenvalue weighted by Gasteiger charge is 2.41. The van der Waals surface area contributed by atoms with Gasteiger partial charge in [-0.05, 0) is 51.5 Å². The van der Waals surface area contributed by atoms with Gasteiger partial charge in [-0.3, -0.25) is 10.1 Å². The Hall–Kier alpha value is -3.65. The van der Waals surface area contributed by atoms with Crippen molar-refractivity contribution in [3.8, 4) is 0 Å². The molecule has 3 rings (SSSR count). The predicted octanol–water partition coefficient (Wildman–Crippen LogP) is 5.53. The van der Waals surface area contributed by atoms with Crippen molar-refractivity contribution in [2.24, 2.45) is 0 Å². The van der Waals surface area contributed by atoms with E-state index < -0.39 is 22.8 Å². The second-order valence-electron chi connectivity index (χ2n) is 7.54. The minimum absolute atomic E-state index is 0.100. The first-order chi connectivity index (χ1) is 16.2. The molecule has 2 aromatic rings. The first kappa shape index (κ1) is 25.0. The Morgan fingerprint density at radius 1 is 0.971 bits per heavy atom. The summed E-state index contributed by atoms with van der Waals surface area (Å²) in [5, 5.41) is 11.6. The van der Waals surface area contributed by atoms with Crippen LogP contribution in [-0.4, -0.2) is 30.1 Å². The van der Waals surface area contributed by atoms with Gasteiger partial charge >= 0.3 is 11.9 Å². The molecule has 0 fully saturated rings. The smallest absolute Gasteiger partial charge is 0.336 e. The summed E-state index contributed by atoms with van der Waals surface area (Å²) in [6.45, 7) is 7.18. The van der Waals surface area contributed by atoms with Gasteiger partial charge in [-0.2, -0.15) is 0 Å². The summed E-state index contributed by atoms with van der Waals surface area (Å²) in [7, 11) is 0. The summed E-state index contributed by atoms with van der Waals surface area (Å²) in [4.78, 5) is 38.9. The molecule has 0 aromatic heterocycles. The molecule has 0 spiro atoms. The standard InChI is InChI=1S/C25H25ClN2O6/c1-5-33-24(29)21-15(3)27(20-9-7-8-18(26)14-20)16(4)22(25(30)34-6-2)23(21)17-10-12-19(13-11-17)28(31)32/h7-14,23H,5-6H2,1-4H3. The van der Waals surface area contributed by atoms with Gasteiger partial charge in [0.1, 0.15) is 0 Å². The predicted molar refractivity (Wildman–Crippen MR) is 128 cm³/mol. The highest BCUT2D eigenvalue weighted by atomic mass is 35.5. The number of benzene rings is 2. The van der Waals surface area contributed by atoms with Gasteiger partial charge in [0.15, 0.2) is 0 Å². The van der Waals surface area contributed by atoms with Crippen LogP contribution in [-0.2, 0) is 19.1 Å². The number of esters is 2. The van der Waals surface area contributed by atoms with Gasteiger partial charge in [0.05, 0.1) is 35.2 Å². The molecule has 0 atom stereocenters. The Morgan fingerprint density at radius 3 is 1.94 bits per heavy atom. The lowest BCUT2D eigenvalue weighted by atomic mass is 9.79. The summed E-state index contributed by atoms with van der Waals surface area (Å²) in [5.74, 6) is -2.02. The fourth-order valence-electron chi connectivity index (χ4n) is 4.13. The Bertz CT molecular complexity index is 1140. The minimum atomic E-state index is -0.839. The quantitative estimate of drug-likeness (QED) is 0.289. The summed E-state index contributed by atoms with van der Waals surface area (Å²) in [6.07, 6.45) is 0. The lowest BCUT2D eigenvalue weighted by molar-refractivity contribution is -0.384. The van der Waals surface area contributed by atoms with E-state index in [0.717, 1.165) is 0 Å². The van der Waals surface area contributed by atoms with E-state index in [4.69, 9.17) is 21.1 Å². The molecule has 34 heavy (non-hydrogen) atoms. The second kappa shape index (κ2) is 10.5. The van der Waals surface area contributed by atoms with E-state index >= 15 is 0 Å². The number of anilines is 1. The highest BCUT2D eigenvalue weighted by molar-refractivity contribution is 6.30. The van der Waals surface area contributed by atoms with Crippen molar-refractivity contribution in [3.05, 3.63) is 91.8 Å². The number of ether oxygens (including phenoxy) is 2. The largest absolute Gasteiger partial charge is 0.463 e. The van der Waals surface area contributed by atoms with Crippen LogP contribution in [0.3, 0.4) is 0 Å². The Balaban J connectivity index is 2.31. The maximum Gasteiger partial charge on any atom is 0.336 e. The van der Waals surface area contributed by atoms with Gasteiger partial charge in [-0.15, -0.1) is 0 Å². The second-order valence-corrected chi connectivity index (χ2v) is 7.97. The minimum Gasteiger partial charge on any atom is -0.463 e. The average molecular weight is 485 g/mol. The van der Waals surface area contributed by atoms with Crippen LogP contribution < -0.4 is 4.90 Å². The molecule has 0 aliphatic carbocycles. The number of halogens is 1. The lowest BCUT2D eigenvalue weighted by Crippen LogP contribution is -2.35. The van der Waals surface area contributed by atoms with Gasteiger partial charge in [-0.25, -0.2) is 9.59 Å². The first-order valence-corrected chi connectivity index (χ1v) is 11.1. The number of nitro groups is 1. The number of nitro benzene ring substituents is 1. The van der Waals surface area contributed by atoms with Gasteiger partial charge in [0.25, 0.3) is 5.69 Å². The lowest BCUT2D eigenvalue weighted by Gasteiger charge is -2.38. The fourth-order valence-corrected chi connectivity index (χ4v) is 4.31. The van der Waals surface area contributed by atoms with E-state index in [-0.39, 0.29) is 30.0 Å². The topological polar surface area (TPSA) is 99.0 Å². The number of hydrogen-bond donors (Lipinski definition) is 0. The molecule has 178 valence electrons. The number of hydrogen-bond acceptors (Lipinski definition) is 7. The molecule has 2 aromatic carbocycles. The number of allylic oxidation sites excluding steroid dienone is 2. The van der Waals surface area contributed by atoms with Crippen molar-refractivity contribution >= 4 is 34.9 Å². The Morgan fingerprint density at radius 2 is 1.50 bits per heavy atom. The molecule has 0 bridgehead atoms. The molecule has 0 unspecified atom stereocenters. The normalized spacial score (nSPS) is 14.3. The van der Waals surface area contributed by atoms with Gasteiger partial charge in [0.2, 0.25) is 0 Å². The third kappa shape index (κ3) is 4.82. The zero-order valence-corrected chi connectivity index (χ0v) is 20.1. The third-order valence-corrected chi connectivity index (χ3v) is 5.76. The number of nitrogens with zero attached hydrogens (tertiary/aromatic N) is 2. The molecule has 0 radical (unpaired) electrons. The number of non-ortho nitro benzene ring substituents is 1. The maximum atomic E-state index is 13.2. The van der Waals surface area contributed by atoms with Crippen LogP contribution in [0.2, 0.25) is 5.02 Å². The van der Waals surface area contributed by atoms with Crippen LogP contribution in [0, 0.1) is 10.1 Å². The Kier molecular flexibility index (Phi) is 7.73. The van der Waals surface area contributed by atoms with E-state index in [2.05, 4.69) is 0 Å². The molecule has 0 amide bonds. The number of carbonyl (C=O) groups excluding carboxylic acids is 2. The molecule has 0 N–H and O–H groups in total. The van der Waals surface area contributed by atoms with Gasteiger partial charge in [0, 0.05) is 34.2 Å². The van der Waals surface area contributed by atoms with Crippen LogP contribution in [0.5, 0.6) is 0 Å². The Labute approximate surface area is 202 Å². The van der Waals surface area contributed by atoms with Gasteiger partial charge in [-0.1, -0.05) is 29.8 Å². The van der Waals surface area contributed by atoms with Crippen molar-refractivity contribution in [1.29, 1.82) is 0 Å². The molecular weight excluding hydrogens is 460 g/mol. The van der Waals surface area contributed by atoms with E-state index in [1.54, 1.807) is 50.8 Å². The molecule has 9 heteroatoms. The maximum absolute atomic E-state index is 13.2. The molecule has 8 nitrogen and oxygen atoms in total. The zero-order chi connectivity index (χ0) is 25.0. The van der Waals surface area contributed by atoms with Gasteiger partial charge < -0.3 is 14.4 Å². The molecule has 1 aliphatic rings. The van der Waals surface area contributed by atoms with Crippen molar-refractivity contribution in [2.75, 3.05) is 18.1 Å². The summed E-state index contributed by atoms with van der Waals surface area (Å²) < 4.78 is 10.7. The van der Waals surface area contributed by atoms with Crippen LogP contribution in [0.15, 0.2) is 71.1 Å². The van der Waals surface area contributed by atoms with Crippen LogP contribution >= 0.6 is 11.6 Å². The molecule has 0 saturated carbocycles. The van der Waals surface area contributed by atoms with E-state index in [1.807, 2.05) is 6.07 Å². The SMILES string of the molecule is CCOC(=O)C1=C(C)N(c2cccc(Cl)c2)C(C)=C(C(=O)OCC)C1c1ccc([N+](=O)[O-])cc1. The van der Waals surface area contributed by atoms with E-state index in [1.165, 1.54) is 24.3 Å². The van der Waals surface area contributed by atoms with E-state index in [0.29, 0.717) is 27.7 Å². The summed E-state index contributed by atoms with van der Waals surface area (Å²) >= 11 is 6.22. The van der Waals surface area contributed by atoms with Crippen molar-refractivity contribution in [3.63, 3.8) is 0 Å². The van der Waals surface area contributed by atoms with Crippen molar-refractivity contribution < 1.29 is 24.0 Å². The summed E-state index contributed by atoms with van der Waals surface area (Å²) in [5.41, 5.74) is 2.67. The average Bonchev–Trinajstić information content (AvgIpc) is 2.79. The molecule has 1 heterocycles. The number of carbonyl (C=O) groups is 2. The molecule has 1 aliphatic heterocycles. The molecular formula is C25H25ClN2O6. The van der Waals surface area contributed by atoms with Crippen LogP contribution in [0.1, 0.15) is 39.2 Å². The number of rotatable bonds is 7. The van der Waals surface area contributed by atoms with Crippen molar-refractivity contribution in [2.45, 2.75) is 33.6 Å². The summed E-state index contributed by atoms with van der Waals surface area (Å²) in [6, 6.07) is 12.8. The fraction of sp³-hybridized carbons (Fsp3) is 0.280. The monoisotopic (exact) mass is 484 g/mol.